The summed E-state index contributed by atoms with van der Waals surface area (Å²) in [5.74, 6) is 0.916. The van der Waals surface area contributed by atoms with Gasteiger partial charge in [0.15, 0.2) is 0 Å². The molecule has 0 aliphatic heterocycles. The van der Waals surface area contributed by atoms with Gasteiger partial charge in [-0.15, -0.1) is 0 Å². The van der Waals surface area contributed by atoms with Crippen LogP contribution >= 0.6 is 0 Å². The summed E-state index contributed by atoms with van der Waals surface area (Å²) in [6, 6.07) is 15.4. The van der Waals surface area contributed by atoms with E-state index in [1.807, 2.05) is 60.7 Å². The van der Waals surface area contributed by atoms with Crippen LogP contribution in [0.5, 0.6) is 5.75 Å². The normalized spacial score (nSPS) is 13.6. The van der Waals surface area contributed by atoms with Crippen LogP contribution in [0.4, 0.5) is 0 Å². The van der Waals surface area contributed by atoms with E-state index in [0.717, 1.165) is 16.7 Å². The molecule has 0 fully saturated rings. The first-order valence-corrected chi connectivity index (χ1v) is 10.6. The Kier molecular flexibility index (Phi) is 8.58. The lowest BCUT2D eigenvalue weighted by Crippen LogP contribution is -2.19. The summed E-state index contributed by atoms with van der Waals surface area (Å²) in [5, 5.41) is 37.8. The Morgan fingerprint density at radius 3 is 2.12 bits per heavy atom. The molecule has 0 aliphatic carbocycles. The molecule has 0 saturated heterocycles. The van der Waals surface area contributed by atoms with Gasteiger partial charge in [0.05, 0.1) is 32.5 Å². The molecule has 0 amide bonds. The molecule has 32 heavy (non-hydrogen) atoms. The first kappa shape index (κ1) is 23.7. The van der Waals surface area contributed by atoms with Gasteiger partial charge in [0.2, 0.25) is 0 Å². The Balaban J connectivity index is 1.65. The van der Waals surface area contributed by atoms with Crippen LogP contribution in [0.1, 0.15) is 30.5 Å². The molecular weight excluding hydrogens is 408 g/mol. The van der Waals surface area contributed by atoms with Gasteiger partial charge >= 0.3 is 0 Å². The predicted octanol–water partition coefficient (Wildman–Crippen LogP) is 2.83. The van der Waals surface area contributed by atoms with E-state index in [-0.39, 0.29) is 38.4 Å². The highest BCUT2D eigenvalue weighted by atomic mass is 16.5. The maximum Gasteiger partial charge on any atom is 0.137 e. The van der Waals surface area contributed by atoms with E-state index in [9.17, 15) is 10.2 Å². The number of hydrogen-bond acceptors (Lipinski definition) is 6. The third-order valence-corrected chi connectivity index (χ3v) is 5.23. The van der Waals surface area contributed by atoms with Crippen molar-refractivity contribution in [2.75, 3.05) is 26.4 Å². The molecule has 3 aromatic rings. The minimum Gasteiger partial charge on any atom is -0.493 e. The second kappa shape index (κ2) is 11.6. The van der Waals surface area contributed by atoms with E-state index in [0.29, 0.717) is 11.6 Å². The van der Waals surface area contributed by atoms with Crippen LogP contribution in [-0.4, -0.2) is 56.4 Å². The summed E-state index contributed by atoms with van der Waals surface area (Å²) < 4.78 is 7.37. The second-order valence-electron chi connectivity index (χ2n) is 7.67. The summed E-state index contributed by atoms with van der Waals surface area (Å²) in [6.45, 7) is 1.59. The Morgan fingerprint density at radius 2 is 1.56 bits per heavy atom. The van der Waals surface area contributed by atoms with E-state index in [2.05, 4.69) is 4.98 Å². The predicted molar refractivity (Wildman–Crippen MR) is 123 cm³/mol. The molecule has 0 radical (unpaired) electrons. The number of benzene rings is 2. The van der Waals surface area contributed by atoms with Crippen LogP contribution < -0.4 is 4.74 Å². The van der Waals surface area contributed by atoms with Crippen molar-refractivity contribution < 1.29 is 25.2 Å². The lowest BCUT2D eigenvalue weighted by atomic mass is 10.0. The van der Waals surface area contributed by atoms with E-state index in [1.165, 1.54) is 0 Å². The van der Waals surface area contributed by atoms with Gasteiger partial charge in [0.1, 0.15) is 17.7 Å². The van der Waals surface area contributed by atoms with Crippen molar-refractivity contribution in [2.24, 2.45) is 5.92 Å². The second-order valence-corrected chi connectivity index (χ2v) is 7.67. The van der Waals surface area contributed by atoms with Gasteiger partial charge in [-0.1, -0.05) is 48.6 Å². The smallest absolute Gasteiger partial charge is 0.137 e. The molecule has 0 bridgehead atoms. The van der Waals surface area contributed by atoms with E-state index >= 15 is 0 Å². The van der Waals surface area contributed by atoms with Crippen molar-refractivity contribution in [3.8, 4) is 16.9 Å². The van der Waals surface area contributed by atoms with Gasteiger partial charge in [-0.05, 0) is 35.7 Å². The SMILES string of the molecule is C[C@H](O)c1nccn1[C@@H](/C=C/c1ccc(-c2ccc(OCC(CO)CO)cc2)cc1)CO. The monoisotopic (exact) mass is 438 g/mol. The Hall–Kier alpha value is -2.97. The highest BCUT2D eigenvalue weighted by Crippen LogP contribution is 2.24. The summed E-state index contributed by atoms with van der Waals surface area (Å²) in [6.07, 6.45) is 6.47. The number of aromatic nitrogens is 2. The molecule has 0 unspecified atom stereocenters. The van der Waals surface area contributed by atoms with E-state index in [4.69, 9.17) is 14.9 Å². The Morgan fingerprint density at radius 1 is 0.938 bits per heavy atom. The van der Waals surface area contributed by atoms with E-state index in [1.54, 1.807) is 23.9 Å². The summed E-state index contributed by atoms with van der Waals surface area (Å²) >= 11 is 0. The zero-order chi connectivity index (χ0) is 22.9. The first-order chi connectivity index (χ1) is 15.5. The molecular formula is C25H30N2O5. The number of aliphatic hydroxyl groups is 4. The zero-order valence-corrected chi connectivity index (χ0v) is 18.1. The molecule has 170 valence electrons. The number of nitrogens with zero attached hydrogens (tertiary/aromatic N) is 2. The fraction of sp³-hybridized carbons (Fsp3) is 0.320. The summed E-state index contributed by atoms with van der Waals surface area (Å²) in [4.78, 5) is 4.16. The Labute approximate surface area is 187 Å². The highest BCUT2D eigenvalue weighted by molar-refractivity contribution is 5.66. The number of aliphatic hydroxyl groups excluding tert-OH is 4. The van der Waals surface area contributed by atoms with Gasteiger partial charge in [0, 0.05) is 18.3 Å². The maximum absolute atomic E-state index is 9.84. The van der Waals surface area contributed by atoms with Gasteiger partial charge in [-0.2, -0.15) is 0 Å². The number of rotatable bonds is 11. The molecule has 7 nitrogen and oxygen atoms in total. The zero-order valence-electron chi connectivity index (χ0n) is 18.1. The molecule has 0 aliphatic rings. The molecule has 0 saturated carbocycles. The van der Waals surface area contributed by atoms with Crippen LogP contribution in [0.2, 0.25) is 0 Å². The molecule has 1 aromatic heterocycles. The third-order valence-electron chi connectivity index (χ3n) is 5.23. The van der Waals surface area contributed by atoms with Crippen LogP contribution in [-0.2, 0) is 0 Å². The summed E-state index contributed by atoms with van der Waals surface area (Å²) in [5.41, 5.74) is 3.09. The standard InChI is InChI=1S/C25H30N2O5/c1-18(31)25-26-12-13-27(25)23(16-30)9-4-19-2-5-21(6-3-19)22-7-10-24(11-8-22)32-17-20(14-28)15-29/h2-13,18,20,23,28-31H,14-17H2,1H3/b9-4+/t18-,23-/m0/s1. The van der Waals surface area contributed by atoms with E-state index < -0.39 is 6.10 Å². The van der Waals surface area contributed by atoms with Crippen molar-refractivity contribution in [3.63, 3.8) is 0 Å². The van der Waals surface area contributed by atoms with Crippen LogP contribution in [0.3, 0.4) is 0 Å². The van der Waals surface area contributed by atoms with Crippen molar-refractivity contribution in [2.45, 2.75) is 19.1 Å². The molecule has 7 heteroatoms. The quantitative estimate of drug-likeness (QED) is 0.367. The van der Waals surface area contributed by atoms with Crippen LogP contribution in [0.25, 0.3) is 17.2 Å². The third kappa shape index (κ3) is 6.05. The number of hydrogen-bond donors (Lipinski definition) is 4. The van der Waals surface area contributed by atoms with Crippen LogP contribution in [0, 0.1) is 5.92 Å². The fourth-order valence-corrected chi connectivity index (χ4v) is 3.30. The van der Waals surface area contributed by atoms with Gasteiger partial charge in [0.25, 0.3) is 0 Å². The molecule has 1 heterocycles. The minimum atomic E-state index is -0.714. The lowest BCUT2D eigenvalue weighted by Gasteiger charge is -2.16. The lowest BCUT2D eigenvalue weighted by molar-refractivity contribution is 0.106. The molecule has 2 aromatic carbocycles. The largest absolute Gasteiger partial charge is 0.493 e. The fourth-order valence-electron chi connectivity index (χ4n) is 3.30. The number of ether oxygens (including phenoxy) is 1. The first-order valence-electron chi connectivity index (χ1n) is 10.6. The van der Waals surface area contributed by atoms with Gasteiger partial charge < -0.3 is 29.7 Å². The highest BCUT2D eigenvalue weighted by Gasteiger charge is 2.14. The average molecular weight is 439 g/mol. The minimum absolute atomic E-state index is 0.101. The van der Waals surface area contributed by atoms with Crippen molar-refractivity contribution in [1.82, 2.24) is 9.55 Å². The van der Waals surface area contributed by atoms with Gasteiger partial charge in [-0.3, -0.25) is 0 Å². The maximum atomic E-state index is 9.84. The van der Waals surface area contributed by atoms with Crippen molar-refractivity contribution in [1.29, 1.82) is 0 Å². The summed E-state index contributed by atoms with van der Waals surface area (Å²) in [7, 11) is 0. The average Bonchev–Trinajstić information content (AvgIpc) is 3.31. The molecule has 0 spiro atoms. The molecule has 3 rings (SSSR count). The Bertz CT molecular complexity index is 976. The van der Waals surface area contributed by atoms with Crippen LogP contribution in [0.15, 0.2) is 67.0 Å². The molecule has 4 N–H and O–H groups in total. The van der Waals surface area contributed by atoms with Crippen molar-refractivity contribution in [3.05, 3.63) is 78.4 Å². The molecule has 2 atom stereocenters. The topological polar surface area (TPSA) is 108 Å². The number of imidazole rings is 1. The van der Waals surface area contributed by atoms with Gasteiger partial charge in [-0.25, -0.2) is 4.98 Å². The van der Waals surface area contributed by atoms with Crippen molar-refractivity contribution >= 4 is 6.08 Å².